The predicted octanol–water partition coefficient (Wildman–Crippen LogP) is 1.89. The monoisotopic (exact) mass is 250 g/mol. The molecule has 1 aromatic rings. The van der Waals surface area contributed by atoms with Gasteiger partial charge in [0.25, 0.3) is 0 Å². The number of nitrogens with two attached hydrogens (primary N) is 1. The lowest BCUT2D eigenvalue weighted by atomic mass is 10.1. The van der Waals surface area contributed by atoms with Gasteiger partial charge in [0.15, 0.2) is 0 Å². The van der Waals surface area contributed by atoms with Crippen molar-refractivity contribution in [3.8, 4) is 5.75 Å². The maximum Gasteiger partial charge on any atom is 0.141 e. The van der Waals surface area contributed by atoms with Crippen LogP contribution in [0.25, 0.3) is 0 Å². The fourth-order valence-corrected chi connectivity index (χ4v) is 2.44. The van der Waals surface area contributed by atoms with Gasteiger partial charge in [-0.15, -0.1) is 0 Å². The Hall–Kier alpha value is -1.26. The average molecular weight is 250 g/mol. The Morgan fingerprint density at radius 2 is 2.00 bits per heavy atom. The molecule has 1 aliphatic rings. The van der Waals surface area contributed by atoms with Crippen LogP contribution < -0.4 is 10.5 Å². The predicted molar refractivity (Wildman–Crippen MR) is 72.7 cm³/mol. The molecule has 0 radical (unpaired) electrons. The van der Waals surface area contributed by atoms with E-state index >= 15 is 0 Å². The third-order valence-corrected chi connectivity index (χ3v) is 3.57. The van der Waals surface area contributed by atoms with Crippen molar-refractivity contribution >= 4 is 5.69 Å². The van der Waals surface area contributed by atoms with E-state index in [0.717, 1.165) is 38.2 Å². The van der Waals surface area contributed by atoms with Gasteiger partial charge in [0, 0.05) is 26.7 Å². The van der Waals surface area contributed by atoms with E-state index in [9.17, 15) is 0 Å². The minimum absolute atomic E-state index is 0.433. The van der Waals surface area contributed by atoms with E-state index in [1.165, 1.54) is 5.56 Å². The van der Waals surface area contributed by atoms with Crippen LogP contribution in [0.2, 0.25) is 0 Å². The van der Waals surface area contributed by atoms with Crippen molar-refractivity contribution < 1.29 is 9.47 Å². The van der Waals surface area contributed by atoms with E-state index in [4.69, 9.17) is 15.2 Å². The molecule has 1 aliphatic heterocycles. The van der Waals surface area contributed by atoms with Crippen molar-refractivity contribution in [1.82, 2.24) is 4.90 Å². The summed E-state index contributed by atoms with van der Waals surface area (Å²) in [6.45, 7) is 3.12. The van der Waals surface area contributed by atoms with Crippen molar-refractivity contribution in [3.63, 3.8) is 0 Å². The van der Waals surface area contributed by atoms with E-state index < -0.39 is 0 Å². The highest BCUT2D eigenvalue weighted by Crippen LogP contribution is 2.23. The normalized spacial score (nSPS) is 17.9. The molecule has 1 saturated heterocycles. The molecule has 2 N–H and O–H groups in total. The van der Waals surface area contributed by atoms with Gasteiger partial charge >= 0.3 is 0 Å². The number of nitrogen functional groups attached to an aromatic ring is 1. The summed E-state index contributed by atoms with van der Waals surface area (Å²) in [5, 5.41) is 0. The first-order valence-electron chi connectivity index (χ1n) is 6.40. The summed E-state index contributed by atoms with van der Waals surface area (Å²) < 4.78 is 10.5. The van der Waals surface area contributed by atoms with Gasteiger partial charge in [0.2, 0.25) is 0 Å². The van der Waals surface area contributed by atoms with Crippen LogP contribution in [-0.4, -0.2) is 38.3 Å². The van der Waals surface area contributed by atoms with Crippen molar-refractivity contribution in [3.05, 3.63) is 23.8 Å². The van der Waals surface area contributed by atoms with Crippen molar-refractivity contribution in [2.45, 2.75) is 25.5 Å². The number of hydrogen-bond acceptors (Lipinski definition) is 4. The van der Waals surface area contributed by atoms with Crippen LogP contribution >= 0.6 is 0 Å². The lowest BCUT2D eigenvalue weighted by molar-refractivity contribution is 0.0389. The zero-order valence-electron chi connectivity index (χ0n) is 11.2. The van der Waals surface area contributed by atoms with Gasteiger partial charge in [-0.2, -0.15) is 0 Å². The number of rotatable bonds is 4. The lowest BCUT2D eigenvalue weighted by Gasteiger charge is -2.31. The average Bonchev–Trinajstić information content (AvgIpc) is 2.40. The van der Waals surface area contributed by atoms with Crippen molar-refractivity contribution in [1.29, 1.82) is 0 Å². The summed E-state index contributed by atoms with van der Waals surface area (Å²) >= 11 is 0. The Morgan fingerprint density at radius 3 is 2.56 bits per heavy atom. The summed E-state index contributed by atoms with van der Waals surface area (Å²) in [4.78, 5) is 2.44. The van der Waals surface area contributed by atoms with E-state index in [-0.39, 0.29) is 0 Å². The van der Waals surface area contributed by atoms with Gasteiger partial charge in [-0.05, 0) is 30.5 Å². The number of piperidine rings is 1. The van der Waals surface area contributed by atoms with Crippen molar-refractivity contribution in [2.75, 3.05) is 33.0 Å². The smallest absolute Gasteiger partial charge is 0.141 e. The molecule has 0 aliphatic carbocycles. The summed E-state index contributed by atoms with van der Waals surface area (Å²) in [5.74, 6) is 0.747. The highest BCUT2D eigenvalue weighted by molar-refractivity contribution is 5.54. The molecule has 1 fully saturated rings. The molecule has 0 unspecified atom stereocenters. The molecule has 18 heavy (non-hydrogen) atoms. The number of ether oxygens (including phenoxy) is 2. The summed E-state index contributed by atoms with van der Waals surface area (Å²) in [5.41, 5.74) is 7.87. The number of likely N-dealkylation sites (tertiary alicyclic amines) is 1. The third kappa shape index (κ3) is 3.15. The van der Waals surface area contributed by atoms with Crippen molar-refractivity contribution in [2.24, 2.45) is 0 Å². The van der Waals surface area contributed by atoms with Gasteiger partial charge in [-0.1, -0.05) is 6.07 Å². The van der Waals surface area contributed by atoms with Gasteiger partial charge < -0.3 is 15.2 Å². The second-order valence-corrected chi connectivity index (χ2v) is 4.79. The van der Waals surface area contributed by atoms with Gasteiger partial charge in [-0.3, -0.25) is 4.90 Å². The first kappa shape index (κ1) is 13.2. The minimum atomic E-state index is 0.433. The van der Waals surface area contributed by atoms with Crippen LogP contribution in [0.15, 0.2) is 18.2 Å². The van der Waals surface area contributed by atoms with E-state index in [2.05, 4.69) is 11.0 Å². The minimum Gasteiger partial charge on any atom is -0.495 e. The first-order valence-corrected chi connectivity index (χ1v) is 6.40. The molecule has 0 saturated carbocycles. The molecule has 2 rings (SSSR count). The van der Waals surface area contributed by atoms with Gasteiger partial charge in [-0.25, -0.2) is 0 Å². The molecule has 0 bridgehead atoms. The zero-order valence-corrected chi connectivity index (χ0v) is 11.2. The van der Waals surface area contributed by atoms with Crippen LogP contribution in [0.3, 0.4) is 0 Å². The maximum atomic E-state index is 5.92. The van der Waals surface area contributed by atoms with Gasteiger partial charge in [0.1, 0.15) is 5.75 Å². The number of benzene rings is 1. The summed E-state index contributed by atoms with van der Waals surface area (Å²) in [6, 6.07) is 6.02. The molecular weight excluding hydrogens is 228 g/mol. The molecule has 0 atom stereocenters. The van der Waals surface area contributed by atoms with E-state index in [1.807, 2.05) is 12.1 Å². The molecule has 1 heterocycles. The second kappa shape index (κ2) is 6.07. The zero-order chi connectivity index (χ0) is 13.0. The molecule has 0 amide bonds. The Labute approximate surface area is 109 Å². The van der Waals surface area contributed by atoms with E-state index in [0.29, 0.717) is 11.8 Å². The Kier molecular flexibility index (Phi) is 4.44. The standard InChI is InChI=1S/C14H22N2O2/c1-17-12-5-7-16(8-6-12)10-11-3-4-14(18-2)13(15)9-11/h3-4,9,12H,5-8,10,15H2,1-2H3. The largest absolute Gasteiger partial charge is 0.495 e. The van der Waals surface area contributed by atoms with Crippen LogP contribution in [0, 0.1) is 0 Å². The number of methoxy groups -OCH3 is 2. The quantitative estimate of drug-likeness (QED) is 0.829. The highest BCUT2D eigenvalue weighted by Gasteiger charge is 2.18. The molecule has 4 nitrogen and oxygen atoms in total. The van der Waals surface area contributed by atoms with Gasteiger partial charge in [0.05, 0.1) is 18.9 Å². The molecule has 0 aromatic heterocycles. The Balaban J connectivity index is 1.92. The summed E-state index contributed by atoms with van der Waals surface area (Å²) in [6.07, 6.45) is 2.66. The number of hydrogen-bond donors (Lipinski definition) is 1. The fourth-order valence-electron chi connectivity index (χ4n) is 2.44. The maximum absolute atomic E-state index is 5.92. The highest BCUT2D eigenvalue weighted by atomic mass is 16.5. The molecule has 1 aromatic carbocycles. The van der Waals surface area contributed by atoms with Crippen LogP contribution in [0.5, 0.6) is 5.75 Å². The topological polar surface area (TPSA) is 47.7 Å². The molecule has 100 valence electrons. The first-order chi connectivity index (χ1) is 8.72. The fraction of sp³-hybridized carbons (Fsp3) is 0.571. The molecule has 4 heteroatoms. The van der Waals surface area contributed by atoms with Crippen LogP contribution in [0.4, 0.5) is 5.69 Å². The molecule has 0 spiro atoms. The third-order valence-electron chi connectivity index (χ3n) is 3.57. The number of nitrogens with zero attached hydrogens (tertiary/aromatic N) is 1. The Bertz CT molecular complexity index is 387. The molecular formula is C14H22N2O2. The summed E-state index contributed by atoms with van der Waals surface area (Å²) in [7, 11) is 3.44. The number of anilines is 1. The van der Waals surface area contributed by atoms with E-state index in [1.54, 1.807) is 14.2 Å². The second-order valence-electron chi connectivity index (χ2n) is 4.79. The SMILES string of the molecule is COc1ccc(CN2CCC(OC)CC2)cc1N. The van der Waals surface area contributed by atoms with Crippen LogP contribution in [-0.2, 0) is 11.3 Å². The lowest BCUT2D eigenvalue weighted by Crippen LogP contribution is -2.36. The Morgan fingerprint density at radius 1 is 1.28 bits per heavy atom. The van der Waals surface area contributed by atoms with Crippen LogP contribution in [0.1, 0.15) is 18.4 Å².